The minimum Gasteiger partial charge on any atom is -0.468 e. The van der Waals surface area contributed by atoms with Gasteiger partial charge in [0.05, 0.1) is 12.0 Å². The Kier molecular flexibility index (Phi) is 3.93. The van der Waals surface area contributed by atoms with Crippen LogP contribution in [0.2, 0.25) is 0 Å². The summed E-state index contributed by atoms with van der Waals surface area (Å²) < 4.78 is 28.6. The SMILES string of the molecule is COC(=O)C(C)S(=O)(=O)c1ccc(C)c(C)c1. The Morgan fingerprint density at radius 3 is 2.29 bits per heavy atom. The van der Waals surface area contributed by atoms with E-state index in [4.69, 9.17) is 0 Å². The van der Waals surface area contributed by atoms with Crippen LogP contribution in [-0.4, -0.2) is 26.7 Å². The van der Waals surface area contributed by atoms with Gasteiger partial charge in [0.25, 0.3) is 0 Å². The van der Waals surface area contributed by atoms with Crippen LogP contribution in [0.3, 0.4) is 0 Å². The van der Waals surface area contributed by atoms with Gasteiger partial charge in [-0.15, -0.1) is 0 Å². The zero-order valence-corrected chi connectivity index (χ0v) is 11.2. The zero-order chi connectivity index (χ0) is 13.2. The molecule has 0 amide bonds. The largest absolute Gasteiger partial charge is 0.468 e. The highest BCUT2D eigenvalue weighted by atomic mass is 32.2. The maximum absolute atomic E-state index is 12.1. The minimum atomic E-state index is -3.66. The highest BCUT2D eigenvalue weighted by Gasteiger charge is 2.30. The van der Waals surface area contributed by atoms with Crippen LogP contribution < -0.4 is 0 Å². The Labute approximate surface area is 102 Å². The molecule has 17 heavy (non-hydrogen) atoms. The van der Waals surface area contributed by atoms with E-state index in [9.17, 15) is 13.2 Å². The van der Waals surface area contributed by atoms with Gasteiger partial charge in [0.15, 0.2) is 15.1 Å². The second-order valence-corrected chi connectivity index (χ2v) is 6.22. The van der Waals surface area contributed by atoms with Crippen LogP contribution in [-0.2, 0) is 19.4 Å². The number of methoxy groups -OCH3 is 1. The van der Waals surface area contributed by atoms with Crippen LogP contribution in [0.25, 0.3) is 0 Å². The van der Waals surface area contributed by atoms with Gasteiger partial charge in [-0.25, -0.2) is 8.42 Å². The number of sulfone groups is 1. The lowest BCUT2D eigenvalue weighted by molar-refractivity contribution is -0.139. The molecule has 94 valence electrons. The summed E-state index contributed by atoms with van der Waals surface area (Å²) in [7, 11) is -2.49. The van der Waals surface area contributed by atoms with Crippen LogP contribution in [0.15, 0.2) is 23.1 Å². The molecule has 0 radical (unpaired) electrons. The first kappa shape index (κ1) is 13.7. The van der Waals surface area contributed by atoms with E-state index >= 15 is 0 Å². The minimum absolute atomic E-state index is 0.151. The summed E-state index contributed by atoms with van der Waals surface area (Å²) in [6.07, 6.45) is 0. The first-order valence-corrected chi connectivity index (χ1v) is 6.74. The van der Waals surface area contributed by atoms with E-state index < -0.39 is 21.1 Å². The Bertz CT molecular complexity index is 531. The fourth-order valence-corrected chi connectivity index (χ4v) is 2.74. The van der Waals surface area contributed by atoms with Gasteiger partial charge in [0, 0.05) is 0 Å². The lowest BCUT2D eigenvalue weighted by Gasteiger charge is -2.12. The maximum atomic E-state index is 12.1. The van der Waals surface area contributed by atoms with E-state index in [1.54, 1.807) is 12.1 Å². The molecule has 0 aliphatic carbocycles. The van der Waals surface area contributed by atoms with Crippen molar-refractivity contribution < 1.29 is 17.9 Å². The molecular formula is C12H16O4S. The number of carbonyl (C=O) groups is 1. The number of hydrogen-bond acceptors (Lipinski definition) is 4. The molecule has 0 saturated heterocycles. The molecule has 5 heteroatoms. The second kappa shape index (κ2) is 4.87. The van der Waals surface area contributed by atoms with Crippen molar-refractivity contribution in [2.75, 3.05) is 7.11 Å². The molecule has 0 aliphatic heterocycles. The van der Waals surface area contributed by atoms with Crippen LogP contribution in [0.4, 0.5) is 0 Å². The average Bonchev–Trinajstić information content (AvgIpc) is 2.30. The first-order valence-electron chi connectivity index (χ1n) is 5.19. The van der Waals surface area contributed by atoms with Crippen molar-refractivity contribution in [3.8, 4) is 0 Å². The summed E-state index contributed by atoms with van der Waals surface area (Å²) in [4.78, 5) is 11.4. The molecule has 0 heterocycles. The quantitative estimate of drug-likeness (QED) is 0.771. The summed E-state index contributed by atoms with van der Waals surface area (Å²) in [5.74, 6) is -0.747. The molecule has 0 saturated carbocycles. The van der Waals surface area contributed by atoms with Crippen molar-refractivity contribution in [3.05, 3.63) is 29.3 Å². The Balaban J connectivity index is 3.22. The molecule has 1 rings (SSSR count). The lowest BCUT2D eigenvalue weighted by Crippen LogP contribution is -2.28. The normalized spacial score (nSPS) is 13.2. The van der Waals surface area contributed by atoms with Crippen LogP contribution in [0.1, 0.15) is 18.1 Å². The van der Waals surface area contributed by atoms with Crippen molar-refractivity contribution in [2.24, 2.45) is 0 Å². The molecule has 0 spiro atoms. The Morgan fingerprint density at radius 1 is 1.24 bits per heavy atom. The van der Waals surface area contributed by atoms with Gasteiger partial charge in [0.1, 0.15) is 0 Å². The molecule has 0 aliphatic rings. The van der Waals surface area contributed by atoms with Gasteiger partial charge in [-0.05, 0) is 44.0 Å². The van der Waals surface area contributed by atoms with E-state index in [0.29, 0.717) is 0 Å². The van der Waals surface area contributed by atoms with Crippen LogP contribution in [0, 0.1) is 13.8 Å². The monoisotopic (exact) mass is 256 g/mol. The fraction of sp³-hybridized carbons (Fsp3) is 0.417. The number of hydrogen-bond donors (Lipinski definition) is 0. The number of esters is 1. The van der Waals surface area contributed by atoms with E-state index in [0.717, 1.165) is 11.1 Å². The van der Waals surface area contributed by atoms with Gasteiger partial charge in [-0.1, -0.05) is 6.07 Å². The number of rotatable bonds is 3. The highest BCUT2D eigenvalue weighted by molar-refractivity contribution is 7.92. The predicted octanol–water partition coefficient (Wildman–Crippen LogP) is 1.64. The Morgan fingerprint density at radius 2 is 1.82 bits per heavy atom. The molecule has 0 N–H and O–H groups in total. The van der Waals surface area contributed by atoms with Gasteiger partial charge in [-0.2, -0.15) is 0 Å². The van der Waals surface area contributed by atoms with Gasteiger partial charge in [-0.3, -0.25) is 4.79 Å². The van der Waals surface area contributed by atoms with E-state index in [1.807, 2.05) is 13.8 Å². The number of carbonyl (C=O) groups excluding carboxylic acids is 1. The van der Waals surface area contributed by atoms with Crippen molar-refractivity contribution in [3.63, 3.8) is 0 Å². The van der Waals surface area contributed by atoms with E-state index in [1.165, 1.54) is 20.1 Å². The number of aryl methyl sites for hydroxylation is 2. The van der Waals surface area contributed by atoms with E-state index in [2.05, 4.69) is 4.74 Å². The van der Waals surface area contributed by atoms with Crippen molar-refractivity contribution in [1.82, 2.24) is 0 Å². The van der Waals surface area contributed by atoms with E-state index in [-0.39, 0.29) is 4.90 Å². The summed E-state index contributed by atoms with van der Waals surface area (Å²) in [6, 6.07) is 4.81. The summed E-state index contributed by atoms with van der Waals surface area (Å²) in [6.45, 7) is 5.06. The number of ether oxygens (including phenoxy) is 1. The maximum Gasteiger partial charge on any atom is 0.324 e. The molecule has 0 aromatic heterocycles. The molecule has 1 unspecified atom stereocenters. The third-order valence-corrected chi connectivity index (χ3v) is 4.84. The molecule has 4 nitrogen and oxygen atoms in total. The third kappa shape index (κ3) is 2.66. The molecular weight excluding hydrogens is 240 g/mol. The second-order valence-electron chi connectivity index (χ2n) is 3.96. The van der Waals surface area contributed by atoms with Gasteiger partial charge < -0.3 is 4.74 Å². The summed E-state index contributed by atoms with van der Waals surface area (Å²) >= 11 is 0. The number of benzene rings is 1. The topological polar surface area (TPSA) is 60.4 Å². The summed E-state index contributed by atoms with van der Waals surface area (Å²) in [5, 5.41) is -1.19. The third-order valence-electron chi connectivity index (χ3n) is 2.81. The molecule has 0 bridgehead atoms. The molecule has 1 aromatic rings. The molecule has 1 aromatic carbocycles. The highest BCUT2D eigenvalue weighted by Crippen LogP contribution is 2.20. The average molecular weight is 256 g/mol. The smallest absolute Gasteiger partial charge is 0.324 e. The van der Waals surface area contributed by atoms with Gasteiger partial charge in [0.2, 0.25) is 0 Å². The molecule has 0 fully saturated rings. The van der Waals surface area contributed by atoms with Crippen molar-refractivity contribution in [1.29, 1.82) is 0 Å². The standard InChI is InChI=1S/C12H16O4S/c1-8-5-6-11(7-9(8)2)17(14,15)10(3)12(13)16-4/h5-7,10H,1-4H3. The summed E-state index contributed by atoms with van der Waals surface area (Å²) in [5.41, 5.74) is 1.89. The predicted molar refractivity (Wildman–Crippen MR) is 64.6 cm³/mol. The van der Waals surface area contributed by atoms with Crippen molar-refractivity contribution >= 4 is 15.8 Å². The fourth-order valence-electron chi connectivity index (χ4n) is 1.39. The van der Waals surface area contributed by atoms with Crippen LogP contribution in [0.5, 0.6) is 0 Å². The van der Waals surface area contributed by atoms with Crippen LogP contribution >= 0.6 is 0 Å². The molecule has 1 atom stereocenters. The van der Waals surface area contributed by atoms with Gasteiger partial charge >= 0.3 is 5.97 Å². The lowest BCUT2D eigenvalue weighted by atomic mass is 10.1. The zero-order valence-electron chi connectivity index (χ0n) is 10.4. The van der Waals surface area contributed by atoms with Crippen molar-refractivity contribution in [2.45, 2.75) is 30.9 Å². The first-order chi connectivity index (χ1) is 7.80. The Hall–Kier alpha value is -1.36.